The molecule has 0 aliphatic carbocycles. The quantitative estimate of drug-likeness (QED) is 0.529. The van der Waals surface area contributed by atoms with E-state index in [2.05, 4.69) is 31.1 Å². The van der Waals surface area contributed by atoms with Crippen molar-refractivity contribution in [3.05, 3.63) is 59.9 Å². The normalized spacial score (nSPS) is 10.9. The van der Waals surface area contributed by atoms with Gasteiger partial charge in [0.25, 0.3) is 0 Å². The lowest BCUT2D eigenvalue weighted by Crippen LogP contribution is -2.30. The van der Waals surface area contributed by atoms with Crippen LogP contribution in [0.4, 0.5) is 14.9 Å². The van der Waals surface area contributed by atoms with Gasteiger partial charge in [-0.3, -0.25) is 0 Å². The molecule has 0 aliphatic heterocycles. The highest BCUT2D eigenvalue weighted by molar-refractivity contribution is 5.89. The largest absolute Gasteiger partial charge is 0.338 e. The Morgan fingerprint density at radius 2 is 1.97 bits per heavy atom. The Morgan fingerprint density at radius 3 is 2.70 bits per heavy atom. The molecule has 158 valence electrons. The standard InChI is InChI=1S/C21H26FN7O/c1-28(15-16-8-10-18(22)11-9-16)13-4-3-12-23-21(30)24-19-7-5-6-17(14-19)20-25-26-27-29(20)2/h5-11,14H,3-4,12-13,15H2,1-2H3,(H2,23,24,30). The summed E-state index contributed by atoms with van der Waals surface area (Å²) >= 11 is 0. The van der Waals surface area contributed by atoms with Gasteiger partial charge >= 0.3 is 6.03 Å². The Morgan fingerprint density at radius 1 is 1.17 bits per heavy atom. The molecule has 30 heavy (non-hydrogen) atoms. The Hall–Kier alpha value is -3.33. The van der Waals surface area contributed by atoms with Crippen LogP contribution in [0.2, 0.25) is 0 Å². The molecule has 0 spiro atoms. The van der Waals surface area contributed by atoms with Gasteiger partial charge < -0.3 is 15.5 Å². The van der Waals surface area contributed by atoms with Crippen LogP contribution in [0.15, 0.2) is 48.5 Å². The summed E-state index contributed by atoms with van der Waals surface area (Å²) in [7, 11) is 3.79. The van der Waals surface area contributed by atoms with Crippen LogP contribution in [0.25, 0.3) is 11.4 Å². The first-order valence-electron chi connectivity index (χ1n) is 9.82. The summed E-state index contributed by atoms with van der Waals surface area (Å²) in [6.07, 6.45) is 1.82. The third-order valence-corrected chi connectivity index (χ3v) is 4.62. The van der Waals surface area contributed by atoms with Crippen LogP contribution in [0.1, 0.15) is 18.4 Å². The molecule has 9 heteroatoms. The molecule has 2 amide bonds. The van der Waals surface area contributed by atoms with Gasteiger partial charge in [0.15, 0.2) is 5.82 Å². The number of carbonyl (C=O) groups excluding carboxylic acids is 1. The predicted octanol–water partition coefficient (Wildman–Crippen LogP) is 3.05. The number of nitrogens with zero attached hydrogens (tertiary/aromatic N) is 5. The highest BCUT2D eigenvalue weighted by atomic mass is 19.1. The number of anilines is 1. The zero-order chi connectivity index (χ0) is 21.3. The number of aryl methyl sites for hydroxylation is 1. The summed E-state index contributed by atoms with van der Waals surface area (Å²) in [6, 6.07) is 13.7. The number of rotatable bonds is 9. The zero-order valence-electron chi connectivity index (χ0n) is 17.2. The number of hydrogen-bond donors (Lipinski definition) is 2. The molecule has 0 radical (unpaired) electrons. The van der Waals surface area contributed by atoms with Gasteiger partial charge in [0, 0.05) is 31.4 Å². The van der Waals surface area contributed by atoms with Crippen LogP contribution in [0.3, 0.4) is 0 Å². The highest BCUT2D eigenvalue weighted by Gasteiger charge is 2.08. The fourth-order valence-corrected chi connectivity index (χ4v) is 3.07. The van der Waals surface area contributed by atoms with E-state index in [9.17, 15) is 9.18 Å². The van der Waals surface area contributed by atoms with Crippen LogP contribution < -0.4 is 10.6 Å². The molecule has 0 saturated carbocycles. The lowest BCUT2D eigenvalue weighted by Gasteiger charge is -2.16. The smallest absolute Gasteiger partial charge is 0.319 e. The maximum atomic E-state index is 13.0. The lowest BCUT2D eigenvalue weighted by atomic mass is 10.2. The van der Waals surface area contributed by atoms with Crippen LogP contribution in [0, 0.1) is 5.82 Å². The summed E-state index contributed by atoms with van der Waals surface area (Å²) in [6.45, 7) is 2.25. The minimum Gasteiger partial charge on any atom is -0.338 e. The maximum Gasteiger partial charge on any atom is 0.319 e. The second-order valence-electron chi connectivity index (χ2n) is 7.16. The third-order valence-electron chi connectivity index (χ3n) is 4.62. The average Bonchev–Trinajstić information content (AvgIpc) is 3.15. The molecule has 3 aromatic rings. The van der Waals surface area contributed by atoms with E-state index < -0.39 is 0 Å². The minimum atomic E-state index is -0.247. The van der Waals surface area contributed by atoms with Gasteiger partial charge in [-0.1, -0.05) is 24.3 Å². The number of halogens is 1. The third kappa shape index (κ3) is 6.35. The van der Waals surface area contributed by atoms with Crippen molar-refractivity contribution in [1.29, 1.82) is 0 Å². The monoisotopic (exact) mass is 411 g/mol. The zero-order valence-corrected chi connectivity index (χ0v) is 17.2. The van der Waals surface area contributed by atoms with E-state index in [0.29, 0.717) is 18.1 Å². The number of nitrogens with one attached hydrogen (secondary N) is 2. The van der Waals surface area contributed by atoms with Crippen molar-refractivity contribution < 1.29 is 9.18 Å². The molecule has 0 saturated heterocycles. The van der Waals surface area contributed by atoms with Crippen molar-refractivity contribution in [2.45, 2.75) is 19.4 Å². The second-order valence-corrected chi connectivity index (χ2v) is 7.16. The van der Waals surface area contributed by atoms with Gasteiger partial charge in [-0.05, 0) is 66.7 Å². The molecule has 3 rings (SSSR count). The van der Waals surface area contributed by atoms with Gasteiger partial charge in [-0.25, -0.2) is 13.9 Å². The number of tetrazole rings is 1. The van der Waals surface area contributed by atoms with E-state index >= 15 is 0 Å². The SMILES string of the molecule is CN(CCCCNC(=O)Nc1cccc(-c2nnnn2C)c1)Cc1ccc(F)cc1. The molecular weight excluding hydrogens is 385 g/mol. The number of urea groups is 1. The van der Waals surface area contributed by atoms with Crippen LogP contribution >= 0.6 is 0 Å². The second kappa shape index (κ2) is 10.4. The van der Waals surface area contributed by atoms with Crippen LogP contribution in [-0.2, 0) is 13.6 Å². The molecule has 8 nitrogen and oxygen atoms in total. The molecule has 0 unspecified atom stereocenters. The van der Waals surface area contributed by atoms with Crippen molar-refractivity contribution in [1.82, 2.24) is 30.4 Å². The highest BCUT2D eigenvalue weighted by Crippen LogP contribution is 2.19. The van der Waals surface area contributed by atoms with E-state index in [0.717, 1.165) is 37.1 Å². The molecule has 0 atom stereocenters. The van der Waals surface area contributed by atoms with Gasteiger partial charge in [-0.2, -0.15) is 0 Å². The first-order chi connectivity index (χ1) is 14.5. The number of hydrogen-bond acceptors (Lipinski definition) is 5. The maximum absolute atomic E-state index is 13.0. The van der Waals surface area contributed by atoms with E-state index in [1.54, 1.807) is 23.9 Å². The first-order valence-corrected chi connectivity index (χ1v) is 9.82. The minimum absolute atomic E-state index is 0.219. The molecule has 2 aromatic carbocycles. The fraction of sp³-hybridized carbons (Fsp3) is 0.333. The lowest BCUT2D eigenvalue weighted by molar-refractivity contribution is 0.251. The first kappa shape index (κ1) is 21.4. The summed E-state index contributed by atoms with van der Waals surface area (Å²) in [4.78, 5) is 14.3. The molecule has 0 fully saturated rings. The number of benzene rings is 2. The van der Waals surface area contributed by atoms with Gasteiger partial charge in [0.1, 0.15) is 5.82 Å². The van der Waals surface area contributed by atoms with Crippen molar-refractivity contribution in [3.63, 3.8) is 0 Å². The van der Waals surface area contributed by atoms with Crippen molar-refractivity contribution in [3.8, 4) is 11.4 Å². The number of carbonyl (C=O) groups is 1. The molecule has 1 aromatic heterocycles. The summed E-state index contributed by atoms with van der Waals surface area (Å²) in [5.41, 5.74) is 2.58. The molecule has 1 heterocycles. The van der Waals surface area contributed by atoms with Crippen LogP contribution in [-0.4, -0.2) is 51.3 Å². The van der Waals surface area contributed by atoms with Crippen LogP contribution in [0.5, 0.6) is 0 Å². The molecular formula is C21H26FN7O. The van der Waals surface area contributed by atoms with Gasteiger partial charge in [-0.15, -0.1) is 5.10 Å². The van der Waals surface area contributed by atoms with Crippen molar-refractivity contribution in [2.24, 2.45) is 7.05 Å². The average molecular weight is 411 g/mol. The summed E-state index contributed by atoms with van der Waals surface area (Å²) in [5, 5.41) is 17.1. The van der Waals surface area contributed by atoms with E-state index in [-0.39, 0.29) is 11.8 Å². The van der Waals surface area contributed by atoms with Crippen molar-refractivity contribution in [2.75, 3.05) is 25.5 Å². The summed E-state index contributed by atoms with van der Waals surface area (Å²) < 4.78 is 14.5. The topological polar surface area (TPSA) is 88.0 Å². The van der Waals surface area contributed by atoms with E-state index in [1.807, 2.05) is 31.3 Å². The summed E-state index contributed by atoms with van der Waals surface area (Å²) in [5.74, 6) is 0.409. The molecule has 0 aliphatic rings. The van der Waals surface area contributed by atoms with Gasteiger partial charge in [0.05, 0.1) is 0 Å². The molecule has 2 N–H and O–H groups in total. The van der Waals surface area contributed by atoms with Gasteiger partial charge in [0.2, 0.25) is 0 Å². The fourth-order valence-electron chi connectivity index (χ4n) is 3.07. The Bertz CT molecular complexity index is 958. The Labute approximate surface area is 175 Å². The Kier molecular flexibility index (Phi) is 7.45. The van der Waals surface area contributed by atoms with Crippen molar-refractivity contribution >= 4 is 11.7 Å². The molecule has 0 bridgehead atoms. The predicted molar refractivity (Wildman–Crippen MR) is 113 cm³/mol. The van der Waals surface area contributed by atoms with E-state index in [4.69, 9.17) is 0 Å². The number of amides is 2. The van der Waals surface area contributed by atoms with E-state index in [1.165, 1.54) is 12.1 Å². The Balaban J connectivity index is 1.35. The number of unbranched alkanes of at least 4 members (excludes halogenated alkanes) is 1. The number of aromatic nitrogens is 4.